The Labute approximate surface area is 232 Å². The highest BCUT2D eigenvalue weighted by Gasteiger charge is 2.23. The minimum absolute atomic E-state index is 0.181. The highest BCUT2D eigenvalue weighted by atomic mass is 35.5. The van der Waals surface area contributed by atoms with Gasteiger partial charge in [-0.3, -0.25) is 4.79 Å². The minimum Gasteiger partial charge on any atom is -0.493 e. The van der Waals surface area contributed by atoms with Crippen LogP contribution in [0.4, 0.5) is 10.5 Å². The molecule has 0 aliphatic heterocycles. The van der Waals surface area contributed by atoms with Crippen molar-refractivity contribution in [1.29, 1.82) is 0 Å². The van der Waals surface area contributed by atoms with Crippen molar-refractivity contribution in [2.75, 3.05) is 52.9 Å². The van der Waals surface area contributed by atoms with E-state index in [4.69, 9.17) is 41.8 Å². The fourth-order valence-corrected chi connectivity index (χ4v) is 4.04. The average molecular weight is 564 g/mol. The second-order valence-corrected chi connectivity index (χ2v) is 9.07. The van der Waals surface area contributed by atoms with Crippen molar-refractivity contribution in [3.63, 3.8) is 0 Å². The van der Waals surface area contributed by atoms with Gasteiger partial charge < -0.3 is 33.7 Å². The van der Waals surface area contributed by atoms with E-state index in [0.717, 1.165) is 5.56 Å². The summed E-state index contributed by atoms with van der Waals surface area (Å²) >= 11 is 12.3. The molecule has 0 aliphatic carbocycles. The zero-order chi connectivity index (χ0) is 27.5. The van der Waals surface area contributed by atoms with Crippen molar-refractivity contribution >= 4 is 40.8 Å². The molecule has 3 rings (SSSR count). The molecular formula is C27H31Cl2N3O6. The van der Waals surface area contributed by atoms with Crippen LogP contribution in [0.3, 0.4) is 0 Å². The Balaban J connectivity index is 1.75. The average Bonchev–Trinajstić information content (AvgIpc) is 3.44. The first-order chi connectivity index (χ1) is 18.4. The van der Waals surface area contributed by atoms with Crippen LogP contribution in [0.2, 0.25) is 10.0 Å². The number of urea groups is 1. The van der Waals surface area contributed by atoms with E-state index in [2.05, 4.69) is 5.32 Å². The maximum absolute atomic E-state index is 13.5. The van der Waals surface area contributed by atoms with Crippen LogP contribution >= 0.6 is 23.2 Å². The molecule has 9 nitrogen and oxygen atoms in total. The molecule has 1 N–H and O–H groups in total. The van der Waals surface area contributed by atoms with Crippen LogP contribution in [0.5, 0.6) is 11.5 Å². The van der Waals surface area contributed by atoms with Crippen LogP contribution in [0.15, 0.2) is 59.2 Å². The number of amides is 3. The highest BCUT2D eigenvalue weighted by Crippen LogP contribution is 2.30. The first-order valence-corrected chi connectivity index (χ1v) is 12.6. The quantitative estimate of drug-likeness (QED) is 0.301. The number of hydrogen-bond donors (Lipinski definition) is 1. The molecule has 11 heteroatoms. The van der Waals surface area contributed by atoms with Crippen molar-refractivity contribution < 1.29 is 28.2 Å². The van der Waals surface area contributed by atoms with Crippen LogP contribution in [0.25, 0.3) is 0 Å². The maximum Gasteiger partial charge on any atom is 0.322 e. The van der Waals surface area contributed by atoms with Gasteiger partial charge in [0.1, 0.15) is 12.3 Å². The fourth-order valence-electron chi connectivity index (χ4n) is 3.69. The molecule has 0 radical (unpaired) electrons. The second-order valence-electron chi connectivity index (χ2n) is 8.28. The predicted molar refractivity (Wildman–Crippen MR) is 146 cm³/mol. The third-order valence-corrected chi connectivity index (χ3v) is 6.59. The number of furan rings is 1. The molecule has 38 heavy (non-hydrogen) atoms. The smallest absolute Gasteiger partial charge is 0.322 e. The molecule has 0 spiro atoms. The van der Waals surface area contributed by atoms with Gasteiger partial charge in [0.15, 0.2) is 11.5 Å². The van der Waals surface area contributed by atoms with Crippen LogP contribution < -0.4 is 14.8 Å². The van der Waals surface area contributed by atoms with Crippen molar-refractivity contribution in [3.8, 4) is 11.5 Å². The topological polar surface area (TPSA) is 93.5 Å². The van der Waals surface area contributed by atoms with Crippen molar-refractivity contribution in [2.45, 2.75) is 13.0 Å². The summed E-state index contributed by atoms with van der Waals surface area (Å²) in [5.41, 5.74) is 1.31. The van der Waals surface area contributed by atoms with Gasteiger partial charge in [0, 0.05) is 20.2 Å². The summed E-state index contributed by atoms with van der Waals surface area (Å²) in [6, 6.07) is 13.6. The Morgan fingerprint density at radius 3 is 2.42 bits per heavy atom. The summed E-state index contributed by atoms with van der Waals surface area (Å²) in [5.74, 6) is 1.60. The van der Waals surface area contributed by atoms with Gasteiger partial charge in [-0.1, -0.05) is 35.3 Å². The van der Waals surface area contributed by atoms with E-state index >= 15 is 0 Å². The van der Waals surface area contributed by atoms with Crippen LogP contribution in [0.1, 0.15) is 11.3 Å². The summed E-state index contributed by atoms with van der Waals surface area (Å²) in [6.07, 6.45) is 2.11. The van der Waals surface area contributed by atoms with Crippen molar-refractivity contribution in [1.82, 2.24) is 9.80 Å². The summed E-state index contributed by atoms with van der Waals surface area (Å²) < 4.78 is 21.3. The number of benzene rings is 2. The molecular weight excluding hydrogens is 533 g/mol. The largest absolute Gasteiger partial charge is 0.493 e. The Morgan fingerprint density at radius 1 is 0.947 bits per heavy atom. The summed E-state index contributed by atoms with van der Waals surface area (Å²) in [6.45, 7) is 0.887. The van der Waals surface area contributed by atoms with E-state index < -0.39 is 6.03 Å². The number of anilines is 1. The first-order valence-electron chi connectivity index (χ1n) is 11.9. The van der Waals surface area contributed by atoms with Crippen LogP contribution in [0, 0.1) is 0 Å². The normalized spacial score (nSPS) is 10.7. The van der Waals surface area contributed by atoms with Gasteiger partial charge in [-0.2, -0.15) is 0 Å². The van der Waals surface area contributed by atoms with Gasteiger partial charge in [-0.05, 0) is 48.4 Å². The molecule has 0 bridgehead atoms. The van der Waals surface area contributed by atoms with Gasteiger partial charge in [0.2, 0.25) is 5.91 Å². The summed E-state index contributed by atoms with van der Waals surface area (Å²) in [7, 11) is 4.68. The van der Waals surface area contributed by atoms with Gasteiger partial charge in [0.05, 0.1) is 49.4 Å². The molecule has 0 saturated carbocycles. The number of nitrogens with zero attached hydrogens (tertiary/aromatic N) is 2. The number of ether oxygens (including phenoxy) is 3. The number of nitrogens with one attached hydrogen (secondary N) is 1. The number of carbonyl (C=O) groups excluding carboxylic acids is 2. The van der Waals surface area contributed by atoms with Gasteiger partial charge in [0.25, 0.3) is 0 Å². The van der Waals surface area contributed by atoms with Crippen molar-refractivity contribution in [3.05, 3.63) is 76.2 Å². The number of methoxy groups -OCH3 is 3. The van der Waals surface area contributed by atoms with Gasteiger partial charge in [-0.25, -0.2) is 4.79 Å². The first kappa shape index (κ1) is 29.2. The van der Waals surface area contributed by atoms with E-state index in [1.54, 1.807) is 55.7 Å². The van der Waals surface area contributed by atoms with E-state index in [-0.39, 0.29) is 37.2 Å². The number of carbonyl (C=O) groups is 2. The van der Waals surface area contributed by atoms with Gasteiger partial charge in [-0.15, -0.1) is 0 Å². The van der Waals surface area contributed by atoms with Crippen molar-refractivity contribution in [2.24, 2.45) is 0 Å². The zero-order valence-electron chi connectivity index (χ0n) is 21.5. The number of hydrogen-bond acceptors (Lipinski definition) is 6. The molecule has 3 amide bonds. The highest BCUT2D eigenvalue weighted by molar-refractivity contribution is 6.43. The third kappa shape index (κ3) is 8.05. The maximum atomic E-state index is 13.5. The molecule has 0 fully saturated rings. The summed E-state index contributed by atoms with van der Waals surface area (Å²) in [4.78, 5) is 29.6. The standard InChI is InChI=1S/C27H31Cl2N3O6/c1-35-15-13-32(27(34)30-22-8-4-7-21(28)26(22)29)18-25(33)31(17-20-6-5-14-38-20)12-11-19-9-10-23(36-2)24(16-19)37-3/h4-10,14,16H,11-13,15,17-18H2,1-3H3,(H,30,34). The Morgan fingerprint density at radius 2 is 1.74 bits per heavy atom. The second kappa shape index (κ2) is 14.5. The fraction of sp³-hybridized carbons (Fsp3) is 0.333. The zero-order valence-corrected chi connectivity index (χ0v) is 23.1. The lowest BCUT2D eigenvalue weighted by Gasteiger charge is -2.27. The molecule has 2 aromatic carbocycles. The minimum atomic E-state index is -0.502. The molecule has 0 saturated heterocycles. The molecule has 0 aliphatic rings. The molecule has 3 aromatic rings. The number of halogens is 2. The SMILES string of the molecule is COCCN(CC(=O)N(CCc1ccc(OC)c(OC)c1)Cc1ccco1)C(=O)Nc1cccc(Cl)c1Cl. The Hall–Kier alpha value is -3.40. The third-order valence-electron chi connectivity index (χ3n) is 5.77. The van der Waals surface area contributed by atoms with E-state index in [0.29, 0.717) is 40.9 Å². The lowest BCUT2D eigenvalue weighted by atomic mass is 10.1. The summed E-state index contributed by atoms with van der Waals surface area (Å²) in [5, 5.41) is 3.26. The Kier molecular flexibility index (Phi) is 11.1. The van der Waals surface area contributed by atoms with Crippen LogP contribution in [-0.2, 0) is 22.5 Å². The van der Waals surface area contributed by atoms with E-state index in [1.807, 2.05) is 18.2 Å². The van der Waals surface area contributed by atoms with E-state index in [1.165, 1.54) is 12.0 Å². The predicted octanol–water partition coefficient (Wildman–Crippen LogP) is 5.36. The number of rotatable bonds is 13. The lowest BCUT2D eigenvalue weighted by molar-refractivity contribution is -0.132. The monoisotopic (exact) mass is 563 g/mol. The molecule has 0 unspecified atom stereocenters. The molecule has 204 valence electrons. The lowest BCUT2D eigenvalue weighted by Crippen LogP contribution is -2.46. The van der Waals surface area contributed by atoms with E-state index in [9.17, 15) is 9.59 Å². The van der Waals surface area contributed by atoms with Crippen LogP contribution in [-0.4, -0.2) is 69.3 Å². The Bertz CT molecular complexity index is 1210. The molecule has 1 heterocycles. The van der Waals surface area contributed by atoms with Gasteiger partial charge >= 0.3 is 6.03 Å². The molecule has 0 atom stereocenters. The molecule has 1 aromatic heterocycles.